The molecule has 0 saturated carbocycles. The highest BCUT2D eigenvalue weighted by Crippen LogP contribution is 2.26. The number of aromatic nitrogens is 2. The van der Waals surface area contributed by atoms with Gasteiger partial charge in [0.15, 0.2) is 0 Å². The van der Waals surface area contributed by atoms with Crippen molar-refractivity contribution in [1.82, 2.24) is 9.97 Å². The molecule has 0 atom stereocenters. The number of benzene rings is 1. The number of hydrogen-bond donors (Lipinski definition) is 1. The minimum atomic E-state index is -0.104. The molecule has 0 bridgehead atoms. The van der Waals surface area contributed by atoms with E-state index in [0.717, 1.165) is 27.0 Å². The van der Waals surface area contributed by atoms with Crippen LogP contribution in [0.15, 0.2) is 53.0 Å². The van der Waals surface area contributed by atoms with Crippen LogP contribution < -0.4 is 10.1 Å². The molecule has 0 saturated heterocycles. The Morgan fingerprint density at radius 1 is 1.23 bits per heavy atom. The van der Waals surface area contributed by atoms with Crippen LogP contribution in [-0.2, 0) is 11.2 Å². The van der Waals surface area contributed by atoms with Gasteiger partial charge in [0, 0.05) is 10.9 Å². The number of hydrogen-bond acceptors (Lipinski definition) is 6. The number of nitrogens with one attached hydrogen (secondary N) is 1. The van der Waals surface area contributed by atoms with Gasteiger partial charge < -0.3 is 10.1 Å². The Hall–Kier alpha value is -2.38. The number of carbonyl (C=O) groups is 1. The SMILES string of the molecule is CCOc1ccc(-c2nc(CC(=O)Nc3ccc(SC)nc3)cs2)cc1. The topological polar surface area (TPSA) is 64.1 Å². The van der Waals surface area contributed by atoms with Crippen LogP contribution in [0.2, 0.25) is 0 Å². The van der Waals surface area contributed by atoms with Crippen molar-refractivity contribution in [2.45, 2.75) is 18.4 Å². The molecule has 0 aliphatic heterocycles. The monoisotopic (exact) mass is 385 g/mol. The van der Waals surface area contributed by atoms with E-state index in [1.807, 2.05) is 55.0 Å². The molecular weight excluding hydrogens is 366 g/mol. The lowest BCUT2D eigenvalue weighted by Crippen LogP contribution is -2.14. The van der Waals surface area contributed by atoms with Crippen LogP contribution in [0.4, 0.5) is 5.69 Å². The maximum Gasteiger partial charge on any atom is 0.230 e. The number of rotatable bonds is 7. The van der Waals surface area contributed by atoms with Gasteiger partial charge >= 0.3 is 0 Å². The van der Waals surface area contributed by atoms with Crippen LogP contribution in [-0.4, -0.2) is 28.7 Å². The van der Waals surface area contributed by atoms with Crippen molar-refractivity contribution < 1.29 is 9.53 Å². The van der Waals surface area contributed by atoms with Gasteiger partial charge in [0.05, 0.1) is 35.6 Å². The molecule has 3 rings (SSSR count). The third kappa shape index (κ3) is 4.83. The largest absolute Gasteiger partial charge is 0.494 e. The summed E-state index contributed by atoms with van der Waals surface area (Å²) < 4.78 is 5.45. The van der Waals surface area contributed by atoms with Crippen LogP contribution in [0, 0.1) is 0 Å². The highest BCUT2D eigenvalue weighted by Gasteiger charge is 2.10. The fourth-order valence-electron chi connectivity index (χ4n) is 2.33. The van der Waals surface area contributed by atoms with E-state index < -0.39 is 0 Å². The zero-order valence-electron chi connectivity index (χ0n) is 14.6. The van der Waals surface area contributed by atoms with Gasteiger partial charge in [-0.3, -0.25) is 4.79 Å². The summed E-state index contributed by atoms with van der Waals surface area (Å²) in [4.78, 5) is 21.0. The molecule has 1 N–H and O–H groups in total. The summed E-state index contributed by atoms with van der Waals surface area (Å²) in [6.45, 7) is 2.60. The number of ether oxygens (including phenoxy) is 1. The zero-order valence-corrected chi connectivity index (χ0v) is 16.2. The summed E-state index contributed by atoms with van der Waals surface area (Å²) in [5, 5.41) is 6.58. The second-order valence-electron chi connectivity index (χ2n) is 5.42. The fraction of sp³-hybridized carbons (Fsp3) is 0.211. The Morgan fingerprint density at radius 2 is 2.04 bits per heavy atom. The molecule has 26 heavy (non-hydrogen) atoms. The molecule has 2 aromatic heterocycles. The molecule has 7 heteroatoms. The zero-order chi connectivity index (χ0) is 18.4. The third-order valence-corrected chi connectivity index (χ3v) is 5.13. The van der Waals surface area contributed by atoms with Crippen molar-refractivity contribution in [3.63, 3.8) is 0 Å². The predicted molar refractivity (Wildman–Crippen MR) is 107 cm³/mol. The minimum absolute atomic E-state index is 0.104. The molecule has 0 spiro atoms. The fourth-order valence-corrected chi connectivity index (χ4v) is 3.51. The Bertz CT molecular complexity index is 861. The van der Waals surface area contributed by atoms with E-state index in [1.165, 1.54) is 11.3 Å². The number of nitrogens with zero attached hydrogens (tertiary/aromatic N) is 2. The molecular formula is C19H19N3O2S2. The van der Waals surface area contributed by atoms with Gasteiger partial charge in [0.1, 0.15) is 10.8 Å². The molecule has 0 unspecified atom stereocenters. The number of pyridine rings is 1. The van der Waals surface area contributed by atoms with Gasteiger partial charge in [0.25, 0.3) is 0 Å². The van der Waals surface area contributed by atoms with Gasteiger partial charge in [-0.2, -0.15) is 0 Å². The normalized spacial score (nSPS) is 10.5. The van der Waals surface area contributed by atoms with Crippen molar-refractivity contribution in [2.75, 3.05) is 18.2 Å². The third-order valence-electron chi connectivity index (χ3n) is 3.53. The first-order valence-corrected chi connectivity index (χ1v) is 10.3. The van der Waals surface area contributed by atoms with Gasteiger partial charge in [-0.05, 0) is 49.6 Å². The first-order chi connectivity index (χ1) is 12.7. The molecule has 134 valence electrons. The smallest absolute Gasteiger partial charge is 0.230 e. The van der Waals surface area contributed by atoms with Crippen LogP contribution in [0.1, 0.15) is 12.6 Å². The highest BCUT2D eigenvalue weighted by atomic mass is 32.2. The summed E-state index contributed by atoms with van der Waals surface area (Å²) in [5.41, 5.74) is 2.46. The molecule has 1 amide bonds. The van der Waals surface area contributed by atoms with E-state index in [1.54, 1.807) is 18.0 Å². The average Bonchev–Trinajstić information content (AvgIpc) is 3.11. The van der Waals surface area contributed by atoms with Crippen molar-refractivity contribution in [1.29, 1.82) is 0 Å². The van der Waals surface area contributed by atoms with Crippen molar-refractivity contribution in [3.05, 3.63) is 53.7 Å². The van der Waals surface area contributed by atoms with Gasteiger partial charge in [0.2, 0.25) is 5.91 Å². The first kappa shape index (κ1) is 18.4. The Morgan fingerprint density at radius 3 is 2.69 bits per heavy atom. The lowest BCUT2D eigenvalue weighted by Gasteiger charge is -2.04. The standard InChI is InChI=1S/C19H19N3O2S2/c1-3-24-16-7-4-13(5-8-16)19-22-15(12-26-19)10-17(23)21-14-6-9-18(25-2)20-11-14/h4-9,11-12H,3,10H2,1-2H3,(H,21,23). The van der Waals surface area contributed by atoms with E-state index in [-0.39, 0.29) is 12.3 Å². The summed E-state index contributed by atoms with van der Waals surface area (Å²) >= 11 is 3.09. The van der Waals surface area contributed by atoms with E-state index in [9.17, 15) is 4.79 Å². The molecule has 1 aromatic carbocycles. The van der Waals surface area contributed by atoms with E-state index in [2.05, 4.69) is 15.3 Å². The molecule has 2 heterocycles. The Labute approximate surface area is 160 Å². The van der Waals surface area contributed by atoms with Crippen molar-refractivity contribution in [2.24, 2.45) is 0 Å². The molecule has 0 aliphatic carbocycles. The number of thioether (sulfide) groups is 1. The summed E-state index contributed by atoms with van der Waals surface area (Å²) in [5.74, 6) is 0.737. The van der Waals surface area contributed by atoms with Crippen LogP contribution in [0.3, 0.4) is 0 Å². The lowest BCUT2D eigenvalue weighted by molar-refractivity contribution is -0.115. The summed E-state index contributed by atoms with van der Waals surface area (Å²) in [6, 6.07) is 11.5. The second kappa shape index (κ2) is 8.82. The minimum Gasteiger partial charge on any atom is -0.494 e. The molecule has 0 fully saturated rings. The Kier molecular flexibility index (Phi) is 6.25. The van der Waals surface area contributed by atoms with Gasteiger partial charge in [-0.1, -0.05) is 0 Å². The van der Waals surface area contributed by atoms with Gasteiger partial charge in [-0.25, -0.2) is 9.97 Å². The number of anilines is 1. The van der Waals surface area contributed by atoms with E-state index in [0.29, 0.717) is 12.3 Å². The maximum absolute atomic E-state index is 12.2. The number of amides is 1. The molecule has 0 aliphatic rings. The van der Waals surface area contributed by atoms with Crippen LogP contribution in [0.25, 0.3) is 10.6 Å². The quantitative estimate of drug-likeness (QED) is 0.606. The van der Waals surface area contributed by atoms with Crippen molar-refractivity contribution >= 4 is 34.7 Å². The average molecular weight is 386 g/mol. The number of thiazole rings is 1. The second-order valence-corrected chi connectivity index (χ2v) is 7.10. The van der Waals surface area contributed by atoms with Crippen LogP contribution in [0.5, 0.6) is 5.75 Å². The van der Waals surface area contributed by atoms with Crippen LogP contribution >= 0.6 is 23.1 Å². The maximum atomic E-state index is 12.2. The Balaban J connectivity index is 1.61. The summed E-state index contributed by atoms with van der Waals surface area (Å²) in [6.07, 6.45) is 3.86. The highest BCUT2D eigenvalue weighted by molar-refractivity contribution is 7.98. The predicted octanol–water partition coefficient (Wildman–Crippen LogP) is 4.51. The first-order valence-electron chi connectivity index (χ1n) is 8.15. The summed E-state index contributed by atoms with van der Waals surface area (Å²) in [7, 11) is 0. The lowest BCUT2D eigenvalue weighted by atomic mass is 10.2. The molecule has 3 aromatic rings. The van der Waals surface area contributed by atoms with E-state index >= 15 is 0 Å². The molecule has 5 nitrogen and oxygen atoms in total. The van der Waals surface area contributed by atoms with Crippen molar-refractivity contribution in [3.8, 4) is 16.3 Å². The number of carbonyl (C=O) groups excluding carboxylic acids is 1. The molecule has 0 radical (unpaired) electrons. The van der Waals surface area contributed by atoms with Gasteiger partial charge in [-0.15, -0.1) is 23.1 Å². The van der Waals surface area contributed by atoms with E-state index in [4.69, 9.17) is 4.74 Å².